The Balaban J connectivity index is 2.48. The zero-order valence-corrected chi connectivity index (χ0v) is 13.3. The number of carbonyl (C=O) groups excluding carboxylic acids is 1. The SMILES string of the molecule is CC(C)C(O)C(C)(C)CNC(=O)Nc1cnn(CC(F)F)c1. The van der Waals surface area contributed by atoms with Gasteiger partial charge in [0.25, 0.3) is 6.43 Å². The lowest BCUT2D eigenvalue weighted by atomic mass is 9.81. The van der Waals surface area contributed by atoms with Crippen molar-refractivity contribution in [2.45, 2.75) is 46.8 Å². The van der Waals surface area contributed by atoms with Crippen molar-refractivity contribution in [2.75, 3.05) is 11.9 Å². The number of aliphatic hydroxyl groups is 1. The van der Waals surface area contributed by atoms with Crippen molar-refractivity contribution in [1.29, 1.82) is 0 Å². The van der Waals surface area contributed by atoms with E-state index in [-0.39, 0.29) is 12.5 Å². The third kappa shape index (κ3) is 5.59. The van der Waals surface area contributed by atoms with Gasteiger partial charge in [0, 0.05) is 18.2 Å². The molecule has 0 aliphatic rings. The van der Waals surface area contributed by atoms with Crippen LogP contribution < -0.4 is 10.6 Å². The van der Waals surface area contributed by atoms with Crippen LogP contribution in [0.15, 0.2) is 12.4 Å². The lowest BCUT2D eigenvalue weighted by molar-refractivity contribution is 0.0154. The lowest BCUT2D eigenvalue weighted by Gasteiger charge is -2.33. The van der Waals surface area contributed by atoms with Crippen molar-refractivity contribution in [2.24, 2.45) is 11.3 Å². The van der Waals surface area contributed by atoms with Crippen LogP contribution in [0.1, 0.15) is 27.7 Å². The number of aromatic nitrogens is 2. The number of aliphatic hydroxyl groups excluding tert-OH is 1. The second-order valence-corrected chi connectivity index (χ2v) is 6.33. The third-order valence-electron chi connectivity index (χ3n) is 3.35. The van der Waals surface area contributed by atoms with Gasteiger partial charge >= 0.3 is 6.03 Å². The van der Waals surface area contributed by atoms with E-state index in [2.05, 4.69) is 15.7 Å². The van der Waals surface area contributed by atoms with Crippen LogP contribution >= 0.6 is 0 Å². The van der Waals surface area contributed by atoms with Gasteiger partial charge in [-0.2, -0.15) is 5.10 Å². The van der Waals surface area contributed by atoms with Gasteiger partial charge in [0.05, 0.1) is 18.0 Å². The number of halogens is 2. The largest absolute Gasteiger partial charge is 0.392 e. The number of hydrogen-bond donors (Lipinski definition) is 3. The van der Waals surface area contributed by atoms with Crippen molar-refractivity contribution in [1.82, 2.24) is 15.1 Å². The number of carbonyl (C=O) groups is 1. The van der Waals surface area contributed by atoms with Gasteiger partial charge in [0.1, 0.15) is 6.54 Å². The molecule has 1 aromatic rings. The van der Waals surface area contributed by atoms with Crippen molar-refractivity contribution >= 4 is 11.7 Å². The van der Waals surface area contributed by atoms with E-state index in [4.69, 9.17) is 0 Å². The molecule has 8 heteroatoms. The Labute approximate surface area is 128 Å². The van der Waals surface area contributed by atoms with Gasteiger partial charge in [-0.3, -0.25) is 4.68 Å². The van der Waals surface area contributed by atoms with Crippen LogP contribution in [0.25, 0.3) is 0 Å². The second-order valence-electron chi connectivity index (χ2n) is 6.33. The topological polar surface area (TPSA) is 79.2 Å². The van der Waals surface area contributed by atoms with E-state index in [1.807, 2.05) is 27.7 Å². The first-order chi connectivity index (χ1) is 10.1. The van der Waals surface area contributed by atoms with Crippen LogP contribution in [0.3, 0.4) is 0 Å². The second kappa shape index (κ2) is 7.53. The molecule has 1 heterocycles. The molecule has 0 bridgehead atoms. The van der Waals surface area contributed by atoms with E-state index in [0.717, 1.165) is 4.68 Å². The number of nitrogens with one attached hydrogen (secondary N) is 2. The first kappa shape index (κ1) is 18.3. The monoisotopic (exact) mass is 318 g/mol. The Kier molecular flexibility index (Phi) is 6.28. The third-order valence-corrected chi connectivity index (χ3v) is 3.35. The maximum absolute atomic E-state index is 12.2. The van der Waals surface area contributed by atoms with Gasteiger partial charge in [-0.25, -0.2) is 13.6 Å². The Morgan fingerprint density at radius 2 is 2.09 bits per heavy atom. The fourth-order valence-electron chi connectivity index (χ4n) is 2.16. The normalized spacial score (nSPS) is 13.5. The maximum atomic E-state index is 12.2. The summed E-state index contributed by atoms with van der Waals surface area (Å²) in [5.74, 6) is 0.0763. The summed E-state index contributed by atoms with van der Waals surface area (Å²) >= 11 is 0. The van der Waals surface area contributed by atoms with Crippen LogP contribution in [0, 0.1) is 11.3 Å². The minimum absolute atomic E-state index is 0.0763. The molecule has 0 aromatic carbocycles. The van der Waals surface area contributed by atoms with Crippen molar-refractivity contribution in [3.63, 3.8) is 0 Å². The highest BCUT2D eigenvalue weighted by atomic mass is 19.3. The summed E-state index contributed by atoms with van der Waals surface area (Å²) in [5, 5.41) is 19.0. The average molecular weight is 318 g/mol. The summed E-state index contributed by atoms with van der Waals surface area (Å²) in [5.41, 5.74) is -0.147. The average Bonchev–Trinajstić information content (AvgIpc) is 2.81. The van der Waals surface area contributed by atoms with Crippen LogP contribution in [0.2, 0.25) is 0 Å². The van der Waals surface area contributed by atoms with Crippen LogP contribution in [0.4, 0.5) is 19.3 Å². The molecule has 1 rings (SSSR count). The molecule has 0 spiro atoms. The quantitative estimate of drug-likeness (QED) is 0.722. The molecule has 0 saturated heterocycles. The summed E-state index contributed by atoms with van der Waals surface area (Å²) in [6, 6.07) is -0.472. The summed E-state index contributed by atoms with van der Waals surface area (Å²) in [7, 11) is 0. The maximum Gasteiger partial charge on any atom is 0.319 e. The molecule has 1 unspecified atom stereocenters. The lowest BCUT2D eigenvalue weighted by Crippen LogP contribution is -2.44. The van der Waals surface area contributed by atoms with Crippen LogP contribution in [-0.4, -0.2) is 40.0 Å². The molecule has 2 amide bonds. The first-order valence-corrected chi connectivity index (χ1v) is 7.15. The molecular formula is C14H24F2N4O2. The smallest absolute Gasteiger partial charge is 0.319 e. The van der Waals surface area contributed by atoms with Gasteiger partial charge in [-0.1, -0.05) is 27.7 Å². The molecule has 6 nitrogen and oxygen atoms in total. The number of amides is 2. The van der Waals surface area contributed by atoms with Crippen molar-refractivity contribution in [3.05, 3.63) is 12.4 Å². The predicted molar refractivity (Wildman–Crippen MR) is 79.9 cm³/mol. The summed E-state index contributed by atoms with van der Waals surface area (Å²) in [4.78, 5) is 11.8. The molecule has 0 saturated carbocycles. The Morgan fingerprint density at radius 1 is 1.45 bits per heavy atom. The minimum atomic E-state index is -2.50. The van der Waals surface area contributed by atoms with E-state index in [9.17, 15) is 18.7 Å². The van der Waals surface area contributed by atoms with Gasteiger partial charge in [-0.05, 0) is 5.92 Å². The summed E-state index contributed by atoms with van der Waals surface area (Å²) in [6.07, 6.45) is -0.419. The van der Waals surface area contributed by atoms with Gasteiger partial charge in [0.2, 0.25) is 0 Å². The van der Waals surface area contributed by atoms with Crippen LogP contribution in [-0.2, 0) is 6.54 Å². The molecule has 1 atom stereocenters. The molecule has 0 aliphatic carbocycles. The number of nitrogens with zero attached hydrogens (tertiary/aromatic N) is 2. The van der Waals surface area contributed by atoms with Gasteiger partial charge in [-0.15, -0.1) is 0 Å². The molecule has 0 fully saturated rings. The molecule has 3 N–H and O–H groups in total. The van der Waals surface area contributed by atoms with Gasteiger partial charge < -0.3 is 15.7 Å². The number of hydrogen-bond acceptors (Lipinski definition) is 3. The standard InChI is InChI=1S/C14H24F2N4O2/c1-9(2)12(21)14(3,4)8-17-13(22)19-10-5-18-20(6-10)7-11(15)16/h5-6,9,11-12,21H,7-8H2,1-4H3,(H2,17,19,22). The molecule has 1 aromatic heterocycles. The van der Waals surface area contributed by atoms with Crippen molar-refractivity contribution in [3.8, 4) is 0 Å². The van der Waals surface area contributed by atoms with E-state index in [0.29, 0.717) is 5.69 Å². The summed E-state index contributed by atoms with van der Waals surface area (Å²) < 4.78 is 25.5. The number of alkyl halides is 2. The minimum Gasteiger partial charge on any atom is -0.392 e. The van der Waals surface area contributed by atoms with E-state index < -0.39 is 30.5 Å². The van der Waals surface area contributed by atoms with Gasteiger partial charge in [0.15, 0.2) is 0 Å². The molecule has 0 radical (unpaired) electrons. The highest BCUT2D eigenvalue weighted by Crippen LogP contribution is 2.25. The first-order valence-electron chi connectivity index (χ1n) is 7.15. The van der Waals surface area contributed by atoms with E-state index in [1.54, 1.807) is 0 Å². The highest BCUT2D eigenvalue weighted by Gasteiger charge is 2.30. The molecule has 126 valence electrons. The number of urea groups is 1. The van der Waals surface area contributed by atoms with Crippen molar-refractivity contribution < 1.29 is 18.7 Å². The fraction of sp³-hybridized carbons (Fsp3) is 0.714. The Bertz CT molecular complexity index is 489. The fourth-order valence-corrected chi connectivity index (χ4v) is 2.16. The molecule has 22 heavy (non-hydrogen) atoms. The van der Waals surface area contributed by atoms with E-state index >= 15 is 0 Å². The highest BCUT2D eigenvalue weighted by molar-refractivity contribution is 5.88. The number of rotatable bonds is 7. The molecular weight excluding hydrogens is 294 g/mol. The molecule has 0 aliphatic heterocycles. The Morgan fingerprint density at radius 3 is 2.64 bits per heavy atom. The predicted octanol–water partition coefficient (Wildman–Crippen LogP) is 2.31. The van der Waals surface area contributed by atoms with Crippen LogP contribution in [0.5, 0.6) is 0 Å². The summed E-state index contributed by atoms with van der Waals surface area (Å²) in [6.45, 7) is 7.30. The zero-order chi connectivity index (χ0) is 16.9. The zero-order valence-electron chi connectivity index (χ0n) is 13.3. The number of anilines is 1. The van der Waals surface area contributed by atoms with E-state index in [1.165, 1.54) is 12.4 Å². The Hall–Kier alpha value is -1.70.